The third-order valence-electron chi connectivity index (χ3n) is 4.88. The number of benzene rings is 3. The van der Waals surface area contributed by atoms with E-state index in [0.717, 1.165) is 36.2 Å². The molecule has 30 heavy (non-hydrogen) atoms. The third-order valence-corrected chi connectivity index (χ3v) is 7.18. The van der Waals surface area contributed by atoms with E-state index in [1.165, 1.54) is 6.08 Å². The van der Waals surface area contributed by atoms with Gasteiger partial charge in [0.15, 0.2) is 14.3 Å². The summed E-state index contributed by atoms with van der Waals surface area (Å²) >= 11 is 0. The average Bonchev–Trinajstić information content (AvgIpc) is 2.75. The first-order valence-corrected chi connectivity index (χ1v) is 10.8. The van der Waals surface area contributed by atoms with Gasteiger partial charge in [0.05, 0.1) is 10.8 Å². The van der Waals surface area contributed by atoms with Crippen LogP contribution in [0, 0.1) is 13.8 Å². The van der Waals surface area contributed by atoms with E-state index < -0.39 is 16.6 Å². The van der Waals surface area contributed by atoms with Crippen LogP contribution in [0.4, 0.5) is 4.79 Å². The molecule has 0 fully saturated rings. The molecule has 0 atom stereocenters. The van der Waals surface area contributed by atoms with Gasteiger partial charge in [-0.25, -0.2) is 4.79 Å². The Balaban J connectivity index is 1.93. The molecule has 1 heterocycles. The Hall–Kier alpha value is -3.44. The van der Waals surface area contributed by atoms with Crippen molar-refractivity contribution < 1.29 is 14.3 Å². The highest BCUT2D eigenvalue weighted by atomic mass is 32.2. The number of hydrogen-bond donors (Lipinski definition) is 0. The van der Waals surface area contributed by atoms with Crippen molar-refractivity contribution in [1.29, 1.82) is 0 Å². The Labute approximate surface area is 177 Å². The van der Waals surface area contributed by atoms with Crippen molar-refractivity contribution in [3.8, 4) is 10.6 Å². The number of carbonyl (C=O) groups is 1. The molecular formula is C25H21O4S+. The van der Waals surface area contributed by atoms with E-state index in [1.54, 1.807) is 0 Å². The van der Waals surface area contributed by atoms with Crippen molar-refractivity contribution in [2.45, 2.75) is 13.8 Å². The minimum absolute atomic E-state index is 0.0586. The maximum Gasteiger partial charge on any atom is 0.514 e. The number of aryl methyl sites for hydroxylation is 2. The minimum Gasteiger partial charge on any atom is -0.430 e. The van der Waals surface area contributed by atoms with Crippen LogP contribution in [0.2, 0.25) is 0 Å². The number of hydrogen-bond acceptors (Lipinski definition) is 4. The Bertz CT molecular complexity index is 1270. The molecule has 0 aliphatic heterocycles. The van der Waals surface area contributed by atoms with E-state index in [9.17, 15) is 9.59 Å². The Morgan fingerprint density at radius 2 is 1.50 bits per heavy atom. The molecule has 0 aliphatic carbocycles. The first-order chi connectivity index (χ1) is 14.5. The molecule has 0 bridgehead atoms. The second kappa shape index (κ2) is 8.13. The van der Waals surface area contributed by atoms with Gasteiger partial charge in [0.1, 0.15) is 12.4 Å². The molecule has 0 saturated heterocycles. The summed E-state index contributed by atoms with van der Waals surface area (Å²) in [6.07, 6.45) is 0.736. The van der Waals surface area contributed by atoms with E-state index in [-0.39, 0.29) is 12.0 Å². The maximum atomic E-state index is 13.0. The molecule has 0 radical (unpaired) electrons. The van der Waals surface area contributed by atoms with E-state index in [4.69, 9.17) is 9.47 Å². The predicted molar refractivity (Wildman–Crippen MR) is 123 cm³/mol. The number of ether oxygens (including phenoxy) is 2. The fraction of sp³-hybridized carbons (Fsp3) is 0.120. The Kier molecular flexibility index (Phi) is 5.38. The average molecular weight is 418 g/mol. The lowest BCUT2D eigenvalue weighted by molar-refractivity contribution is 0.109. The van der Waals surface area contributed by atoms with Crippen molar-refractivity contribution >= 4 is 36.8 Å². The van der Waals surface area contributed by atoms with Gasteiger partial charge in [0.2, 0.25) is 5.43 Å². The zero-order chi connectivity index (χ0) is 21.3. The van der Waals surface area contributed by atoms with Crippen molar-refractivity contribution in [2.24, 2.45) is 0 Å². The highest BCUT2D eigenvalue weighted by Crippen LogP contribution is 2.45. The van der Waals surface area contributed by atoms with Gasteiger partial charge in [-0.15, -0.1) is 0 Å². The lowest BCUT2D eigenvalue weighted by atomic mass is 10.1. The topological polar surface area (TPSA) is 52.6 Å². The van der Waals surface area contributed by atoms with Gasteiger partial charge in [-0.1, -0.05) is 36.9 Å². The van der Waals surface area contributed by atoms with Crippen LogP contribution >= 0.6 is 10.5 Å². The predicted octanol–water partition coefficient (Wildman–Crippen LogP) is 6.41. The monoisotopic (exact) mass is 417 g/mol. The molecular weight excluding hydrogens is 396 g/mol. The van der Waals surface area contributed by atoms with Crippen molar-refractivity contribution in [3.63, 3.8) is 0 Å². The Morgan fingerprint density at radius 3 is 2.03 bits per heavy atom. The largest absolute Gasteiger partial charge is 0.514 e. The van der Waals surface area contributed by atoms with Crippen molar-refractivity contribution in [1.82, 2.24) is 0 Å². The van der Waals surface area contributed by atoms with Gasteiger partial charge in [-0.2, -0.15) is 0 Å². The molecule has 3 aromatic carbocycles. The normalized spacial score (nSPS) is 10.9. The summed E-state index contributed by atoms with van der Waals surface area (Å²) < 4.78 is 12.4. The lowest BCUT2D eigenvalue weighted by Gasteiger charge is -2.11. The van der Waals surface area contributed by atoms with Crippen LogP contribution in [0.1, 0.15) is 11.1 Å². The van der Waals surface area contributed by atoms with E-state index in [1.807, 2.05) is 74.5 Å². The van der Waals surface area contributed by atoms with Crippen LogP contribution < -0.4 is 10.2 Å². The van der Waals surface area contributed by atoms with Crippen LogP contribution in [-0.2, 0) is 4.74 Å². The van der Waals surface area contributed by atoms with Gasteiger partial charge in [0.25, 0.3) is 0 Å². The molecule has 0 saturated carbocycles. The fourth-order valence-electron chi connectivity index (χ4n) is 3.61. The van der Waals surface area contributed by atoms with E-state index in [2.05, 4.69) is 6.58 Å². The molecule has 4 nitrogen and oxygen atoms in total. The molecule has 1 aromatic heterocycles. The van der Waals surface area contributed by atoms with Crippen LogP contribution in [0.15, 0.2) is 78.1 Å². The first kappa shape index (κ1) is 19.9. The molecule has 0 N–H and O–H groups in total. The van der Waals surface area contributed by atoms with Crippen LogP contribution in [-0.4, -0.2) is 12.8 Å². The van der Waals surface area contributed by atoms with E-state index >= 15 is 0 Å². The second-order valence-corrected chi connectivity index (χ2v) is 8.93. The molecule has 4 aromatic rings. The van der Waals surface area contributed by atoms with Crippen LogP contribution in [0.3, 0.4) is 0 Å². The van der Waals surface area contributed by atoms with Gasteiger partial charge in [-0.3, -0.25) is 4.79 Å². The standard InChI is InChI=1S/C25H21O4S/c1-4-13-28-25(27)29-24-16(2)14-18(15-17(24)3)30-21-11-7-5-9-19(21)23(26)20-10-6-8-12-22(20)30/h4-12,14-15H,1,13H2,2-3H3/q+1. The van der Waals surface area contributed by atoms with Gasteiger partial charge in [0, 0.05) is 22.6 Å². The van der Waals surface area contributed by atoms with Gasteiger partial charge >= 0.3 is 6.16 Å². The molecule has 5 heteroatoms. The molecule has 4 rings (SSSR count). The van der Waals surface area contributed by atoms with E-state index in [0.29, 0.717) is 5.75 Å². The van der Waals surface area contributed by atoms with Crippen LogP contribution in [0.25, 0.3) is 25.1 Å². The Morgan fingerprint density at radius 1 is 0.967 bits per heavy atom. The first-order valence-electron chi connectivity index (χ1n) is 9.55. The van der Waals surface area contributed by atoms with Crippen molar-refractivity contribution in [2.75, 3.05) is 6.61 Å². The number of carbonyl (C=O) groups excluding carboxylic acids is 1. The summed E-state index contributed by atoms with van der Waals surface area (Å²) in [6, 6.07) is 19.6. The fourth-order valence-corrected chi connectivity index (χ4v) is 6.14. The quantitative estimate of drug-likeness (QED) is 0.127. The minimum atomic E-state index is -0.754. The van der Waals surface area contributed by atoms with Crippen LogP contribution in [0.5, 0.6) is 5.75 Å². The highest BCUT2D eigenvalue weighted by molar-refractivity contribution is 7.49. The molecule has 0 amide bonds. The molecule has 150 valence electrons. The SMILES string of the molecule is C=CCOC(=O)Oc1c(C)cc(-[s+]2c3ccccc3c(=O)c3ccccc32)cc1C. The smallest absolute Gasteiger partial charge is 0.430 e. The summed E-state index contributed by atoms with van der Waals surface area (Å²) in [7, 11) is -0.431. The summed E-state index contributed by atoms with van der Waals surface area (Å²) in [5.74, 6) is 0.492. The zero-order valence-electron chi connectivity index (χ0n) is 16.8. The molecule has 0 spiro atoms. The zero-order valence-corrected chi connectivity index (χ0v) is 17.6. The summed E-state index contributed by atoms with van der Waals surface area (Å²) in [5.41, 5.74) is 1.73. The number of rotatable bonds is 4. The maximum absolute atomic E-state index is 13.0. The second-order valence-electron chi connectivity index (χ2n) is 6.97. The third kappa shape index (κ3) is 3.48. The summed E-state index contributed by atoms with van der Waals surface area (Å²) in [6.45, 7) is 7.43. The van der Waals surface area contributed by atoms with Crippen molar-refractivity contribution in [3.05, 3.63) is 94.7 Å². The summed E-state index contributed by atoms with van der Waals surface area (Å²) in [4.78, 5) is 26.0. The van der Waals surface area contributed by atoms with Gasteiger partial charge < -0.3 is 9.47 Å². The van der Waals surface area contributed by atoms with Gasteiger partial charge in [-0.05, 0) is 49.2 Å². The summed E-state index contributed by atoms with van der Waals surface area (Å²) in [5, 5.41) is 1.48. The lowest BCUT2D eigenvalue weighted by Crippen LogP contribution is -2.12. The number of fused-ring (bicyclic) bond motifs is 2. The highest BCUT2D eigenvalue weighted by Gasteiger charge is 2.24. The molecule has 0 unspecified atom stereocenters. The molecule has 0 aliphatic rings.